The number of para-hydroxylation sites is 1. The molecule has 0 aliphatic heterocycles. The van der Waals surface area contributed by atoms with Crippen LogP contribution >= 0.6 is 23.4 Å². The van der Waals surface area contributed by atoms with E-state index in [1.54, 1.807) is 0 Å². The van der Waals surface area contributed by atoms with Crippen LogP contribution in [0.4, 0.5) is 5.69 Å². The predicted molar refractivity (Wildman–Crippen MR) is 127 cm³/mol. The predicted octanol–water partition coefficient (Wildman–Crippen LogP) is 5.94. The van der Waals surface area contributed by atoms with Crippen molar-refractivity contribution < 1.29 is 4.79 Å². The number of rotatable bonds is 6. The summed E-state index contributed by atoms with van der Waals surface area (Å²) in [5.74, 6) is 0.796. The van der Waals surface area contributed by atoms with Crippen molar-refractivity contribution in [1.82, 2.24) is 14.8 Å². The Bertz CT molecular complexity index is 1220. The maximum Gasteiger partial charge on any atom is 0.234 e. The molecule has 5 nitrogen and oxygen atoms in total. The number of nitrogens with one attached hydrogen (secondary N) is 1. The highest BCUT2D eigenvalue weighted by atomic mass is 35.5. The second kappa shape index (κ2) is 9.37. The lowest BCUT2D eigenvalue weighted by molar-refractivity contribution is -0.113. The van der Waals surface area contributed by atoms with Gasteiger partial charge in [-0.15, -0.1) is 10.2 Å². The van der Waals surface area contributed by atoms with Gasteiger partial charge in [0.2, 0.25) is 5.91 Å². The van der Waals surface area contributed by atoms with Gasteiger partial charge >= 0.3 is 0 Å². The number of anilines is 1. The molecule has 3 aromatic carbocycles. The van der Waals surface area contributed by atoms with E-state index in [2.05, 4.69) is 15.5 Å². The summed E-state index contributed by atoms with van der Waals surface area (Å²) in [7, 11) is 0. The molecule has 4 rings (SSSR count). The molecule has 0 bridgehead atoms. The summed E-state index contributed by atoms with van der Waals surface area (Å²) in [4.78, 5) is 12.6. The van der Waals surface area contributed by atoms with E-state index in [0.717, 1.165) is 28.1 Å². The van der Waals surface area contributed by atoms with Crippen LogP contribution in [0.5, 0.6) is 0 Å². The van der Waals surface area contributed by atoms with Crippen molar-refractivity contribution in [2.24, 2.45) is 0 Å². The highest BCUT2D eigenvalue weighted by molar-refractivity contribution is 7.99. The van der Waals surface area contributed by atoms with Gasteiger partial charge in [0.1, 0.15) is 0 Å². The smallest absolute Gasteiger partial charge is 0.234 e. The number of aryl methyl sites for hydroxylation is 1. The van der Waals surface area contributed by atoms with Crippen LogP contribution in [0.1, 0.15) is 11.1 Å². The first-order chi connectivity index (χ1) is 15.0. The average molecular weight is 449 g/mol. The number of benzene rings is 3. The Morgan fingerprint density at radius 3 is 2.55 bits per heavy atom. The largest absolute Gasteiger partial charge is 0.325 e. The number of nitrogens with zero attached hydrogens (tertiary/aromatic N) is 3. The van der Waals surface area contributed by atoms with E-state index in [0.29, 0.717) is 16.0 Å². The van der Waals surface area contributed by atoms with E-state index in [9.17, 15) is 4.79 Å². The van der Waals surface area contributed by atoms with E-state index < -0.39 is 0 Å². The molecule has 1 amide bonds. The number of carbonyl (C=O) groups is 1. The summed E-state index contributed by atoms with van der Waals surface area (Å²) in [6, 6.07) is 23.2. The molecule has 1 aromatic heterocycles. The van der Waals surface area contributed by atoms with Gasteiger partial charge in [0.25, 0.3) is 0 Å². The van der Waals surface area contributed by atoms with Gasteiger partial charge in [-0.05, 0) is 55.3 Å². The number of aromatic nitrogens is 3. The minimum absolute atomic E-state index is 0.0920. The number of hydrogen-bond acceptors (Lipinski definition) is 4. The van der Waals surface area contributed by atoms with Crippen LogP contribution in [0.3, 0.4) is 0 Å². The quantitative estimate of drug-likeness (QED) is 0.371. The first kappa shape index (κ1) is 21.2. The fourth-order valence-corrected chi connectivity index (χ4v) is 4.13. The van der Waals surface area contributed by atoms with Crippen LogP contribution < -0.4 is 5.32 Å². The van der Waals surface area contributed by atoms with Gasteiger partial charge in [-0.1, -0.05) is 65.8 Å². The highest BCUT2D eigenvalue weighted by Crippen LogP contribution is 2.29. The molecule has 1 heterocycles. The molecule has 31 heavy (non-hydrogen) atoms. The Morgan fingerprint density at radius 1 is 1.00 bits per heavy atom. The molecular formula is C24H21ClN4OS. The third kappa shape index (κ3) is 4.81. The Kier molecular flexibility index (Phi) is 6.39. The van der Waals surface area contributed by atoms with Gasteiger partial charge in [0, 0.05) is 22.0 Å². The molecule has 4 aromatic rings. The molecule has 156 valence electrons. The monoisotopic (exact) mass is 448 g/mol. The Hall–Kier alpha value is -3.09. The summed E-state index contributed by atoms with van der Waals surface area (Å²) < 4.78 is 1.95. The zero-order chi connectivity index (χ0) is 21.8. The van der Waals surface area contributed by atoms with Crippen LogP contribution in [-0.2, 0) is 4.79 Å². The molecule has 0 fully saturated rings. The van der Waals surface area contributed by atoms with Crippen LogP contribution in [0, 0.1) is 13.8 Å². The number of thioether (sulfide) groups is 1. The molecule has 0 radical (unpaired) electrons. The summed E-state index contributed by atoms with van der Waals surface area (Å²) >= 11 is 7.53. The first-order valence-corrected chi connectivity index (χ1v) is 11.1. The van der Waals surface area contributed by atoms with Crippen molar-refractivity contribution in [1.29, 1.82) is 0 Å². The number of halogens is 1. The van der Waals surface area contributed by atoms with Crippen LogP contribution in [0.15, 0.2) is 78.0 Å². The van der Waals surface area contributed by atoms with Gasteiger partial charge < -0.3 is 5.32 Å². The van der Waals surface area contributed by atoms with E-state index in [1.807, 2.05) is 91.2 Å². The van der Waals surface area contributed by atoms with E-state index in [-0.39, 0.29) is 11.7 Å². The third-order valence-electron chi connectivity index (χ3n) is 4.94. The normalized spacial score (nSPS) is 10.8. The maximum absolute atomic E-state index is 12.6. The van der Waals surface area contributed by atoms with Crippen molar-refractivity contribution in [3.8, 4) is 17.1 Å². The zero-order valence-electron chi connectivity index (χ0n) is 17.2. The Balaban J connectivity index is 1.60. The lowest BCUT2D eigenvalue weighted by Crippen LogP contribution is -2.15. The van der Waals surface area contributed by atoms with Crippen LogP contribution in [0.2, 0.25) is 5.02 Å². The Labute approximate surface area is 190 Å². The maximum atomic E-state index is 12.6. The molecule has 0 saturated carbocycles. The SMILES string of the molecule is Cc1cccc(NC(=O)CSc2nnc(-c3cccc(Cl)c3)n2-c2ccccc2)c1C. The average Bonchev–Trinajstić information content (AvgIpc) is 3.20. The lowest BCUT2D eigenvalue weighted by Gasteiger charge is -2.12. The first-order valence-electron chi connectivity index (χ1n) is 9.78. The van der Waals surface area contributed by atoms with Crippen molar-refractivity contribution in [2.75, 3.05) is 11.1 Å². The molecule has 0 spiro atoms. The molecule has 0 aliphatic carbocycles. The summed E-state index contributed by atoms with van der Waals surface area (Å²) in [5, 5.41) is 13.0. The van der Waals surface area contributed by atoms with E-state index in [1.165, 1.54) is 11.8 Å². The minimum Gasteiger partial charge on any atom is -0.325 e. The number of amides is 1. The van der Waals surface area contributed by atoms with E-state index >= 15 is 0 Å². The minimum atomic E-state index is -0.0920. The fourth-order valence-electron chi connectivity index (χ4n) is 3.19. The highest BCUT2D eigenvalue weighted by Gasteiger charge is 2.17. The molecule has 0 atom stereocenters. The van der Waals surface area contributed by atoms with Gasteiger partial charge in [0.05, 0.1) is 5.75 Å². The summed E-state index contributed by atoms with van der Waals surface area (Å²) in [6.45, 7) is 4.03. The second-order valence-corrected chi connectivity index (χ2v) is 8.45. The summed E-state index contributed by atoms with van der Waals surface area (Å²) in [6.07, 6.45) is 0. The topological polar surface area (TPSA) is 59.8 Å². The Morgan fingerprint density at radius 2 is 1.77 bits per heavy atom. The molecule has 0 unspecified atom stereocenters. The lowest BCUT2D eigenvalue weighted by atomic mass is 10.1. The molecule has 0 aliphatic rings. The zero-order valence-corrected chi connectivity index (χ0v) is 18.7. The number of hydrogen-bond donors (Lipinski definition) is 1. The molecule has 1 N–H and O–H groups in total. The van der Waals surface area contributed by atoms with Gasteiger partial charge in [-0.3, -0.25) is 9.36 Å². The molecular weight excluding hydrogens is 428 g/mol. The third-order valence-corrected chi connectivity index (χ3v) is 6.11. The molecule has 7 heteroatoms. The van der Waals surface area contributed by atoms with Crippen LogP contribution in [-0.4, -0.2) is 26.4 Å². The fraction of sp³-hybridized carbons (Fsp3) is 0.125. The van der Waals surface area contributed by atoms with Crippen molar-refractivity contribution in [3.05, 3.63) is 88.9 Å². The molecule has 0 saturated heterocycles. The van der Waals surface area contributed by atoms with Crippen LogP contribution in [0.25, 0.3) is 17.1 Å². The second-order valence-electron chi connectivity index (χ2n) is 7.07. The summed E-state index contributed by atoms with van der Waals surface area (Å²) in [5.41, 5.74) is 4.81. The van der Waals surface area contributed by atoms with Crippen molar-refractivity contribution in [2.45, 2.75) is 19.0 Å². The van der Waals surface area contributed by atoms with Crippen molar-refractivity contribution >= 4 is 35.0 Å². The van der Waals surface area contributed by atoms with Gasteiger partial charge in [-0.25, -0.2) is 0 Å². The van der Waals surface area contributed by atoms with Gasteiger partial charge in [-0.2, -0.15) is 0 Å². The number of carbonyl (C=O) groups excluding carboxylic acids is 1. The van der Waals surface area contributed by atoms with Gasteiger partial charge in [0.15, 0.2) is 11.0 Å². The van der Waals surface area contributed by atoms with E-state index in [4.69, 9.17) is 11.6 Å². The van der Waals surface area contributed by atoms with Crippen molar-refractivity contribution in [3.63, 3.8) is 0 Å². The standard InChI is InChI=1S/C24H21ClN4OS/c1-16-8-6-13-21(17(16)2)26-22(30)15-31-24-28-27-23(18-9-7-10-19(25)14-18)29(24)20-11-4-3-5-12-20/h3-14H,15H2,1-2H3,(H,26,30).